The standard InChI is InChI=1S/C20H32N2O6/c1-7-22-15(4)18(14(3)19(22)20(25)27-6)16(23)12-21(17(24)13-26-5)10-9-11-28-8-2/h7-13H2,1-6H3. The van der Waals surface area contributed by atoms with Crippen LogP contribution in [0.2, 0.25) is 0 Å². The van der Waals surface area contributed by atoms with Crippen LogP contribution in [-0.2, 0) is 25.5 Å². The van der Waals surface area contributed by atoms with Gasteiger partial charge in [0.05, 0.1) is 13.7 Å². The summed E-state index contributed by atoms with van der Waals surface area (Å²) in [5.74, 6) is -0.954. The molecule has 1 aromatic rings. The molecule has 0 spiro atoms. The van der Waals surface area contributed by atoms with Crippen LogP contribution in [-0.4, -0.2) is 74.3 Å². The van der Waals surface area contributed by atoms with Gasteiger partial charge in [-0.2, -0.15) is 0 Å². The van der Waals surface area contributed by atoms with Crippen LogP contribution in [0.4, 0.5) is 0 Å². The fourth-order valence-electron chi connectivity index (χ4n) is 3.32. The molecule has 0 N–H and O–H groups in total. The zero-order valence-corrected chi connectivity index (χ0v) is 17.8. The van der Waals surface area contributed by atoms with Crippen molar-refractivity contribution in [3.05, 3.63) is 22.5 Å². The minimum Gasteiger partial charge on any atom is -0.464 e. The SMILES string of the molecule is CCOCCCN(CC(=O)c1c(C)c(C(=O)OC)n(CC)c1C)C(=O)COC. The molecule has 28 heavy (non-hydrogen) atoms. The zero-order valence-electron chi connectivity index (χ0n) is 17.8. The Morgan fingerprint density at radius 1 is 1.11 bits per heavy atom. The summed E-state index contributed by atoms with van der Waals surface area (Å²) in [6.45, 7) is 9.20. The summed E-state index contributed by atoms with van der Waals surface area (Å²) in [5.41, 5.74) is 2.10. The van der Waals surface area contributed by atoms with E-state index in [2.05, 4.69) is 0 Å². The third-order valence-corrected chi connectivity index (χ3v) is 4.62. The van der Waals surface area contributed by atoms with Crippen molar-refractivity contribution in [2.75, 3.05) is 47.1 Å². The van der Waals surface area contributed by atoms with E-state index in [4.69, 9.17) is 14.2 Å². The molecule has 0 radical (unpaired) electrons. The molecule has 0 atom stereocenters. The Morgan fingerprint density at radius 2 is 1.79 bits per heavy atom. The number of Topliss-reactive ketones (excluding diaryl/α,β-unsaturated/α-hetero) is 1. The number of rotatable bonds is 12. The number of carbonyl (C=O) groups excluding carboxylic acids is 3. The average Bonchev–Trinajstić information content (AvgIpc) is 2.93. The van der Waals surface area contributed by atoms with Crippen LogP contribution >= 0.6 is 0 Å². The fraction of sp³-hybridized carbons (Fsp3) is 0.650. The topological polar surface area (TPSA) is 87.1 Å². The Morgan fingerprint density at radius 3 is 2.32 bits per heavy atom. The highest BCUT2D eigenvalue weighted by Crippen LogP contribution is 2.24. The lowest BCUT2D eigenvalue weighted by Crippen LogP contribution is -2.39. The van der Waals surface area contributed by atoms with Crippen molar-refractivity contribution >= 4 is 17.7 Å². The monoisotopic (exact) mass is 396 g/mol. The molecular weight excluding hydrogens is 364 g/mol. The van der Waals surface area contributed by atoms with E-state index in [9.17, 15) is 14.4 Å². The third kappa shape index (κ3) is 5.65. The van der Waals surface area contributed by atoms with Gasteiger partial charge < -0.3 is 23.7 Å². The number of methoxy groups -OCH3 is 2. The Hall–Kier alpha value is -2.19. The van der Waals surface area contributed by atoms with Crippen molar-refractivity contribution in [1.82, 2.24) is 9.47 Å². The summed E-state index contributed by atoms with van der Waals surface area (Å²) >= 11 is 0. The van der Waals surface area contributed by atoms with E-state index in [1.165, 1.54) is 19.1 Å². The predicted octanol–water partition coefficient (Wildman–Crippen LogP) is 2.00. The first kappa shape index (κ1) is 23.8. The number of carbonyl (C=O) groups is 3. The number of ketones is 1. The number of esters is 1. The van der Waals surface area contributed by atoms with Crippen LogP contribution in [0.5, 0.6) is 0 Å². The number of ether oxygens (including phenoxy) is 3. The molecule has 0 aliphatic rings. The Balaban J connectivity index is 3.11. The van der Waals surface area contributed by atoms with Crippen LogP contribution in [0.25, 0.3) is 0 Å². The van der Waals surface area contributed by atoms with E-state index in [0.29, 0.717) is 55.2 Å². The summed E-state index contributed by atoms with van der Waals surface area (Å²) in [7, 11) is 2.76. The molecule has 8 heteroatoms. The lowest BCUT2D eigenvalue weighted by atomic mass is 10.1. The first-order valence-corrected chi connectivity index (χ1v) is 9.49. The molecule has 1 amide bonds. The van der Waals surface area contributed by atoms with Crippen molar-refractivity contribution in [3.63, 3.8) is 0 Å². The molecule has 1 heterocycles. The molecule has 158 valence electrons. The molecule has 0 saturated carbocycles. The third-order valence-electron chi connectivity index (χ3n) is 4.62. The number of amides is 1. The van der Waals surface area contributed by atoms with Crippen molar-refractivity contribution in [1.29, 1.82) is 0 Å². The minimum absolute atomic E-state index is 0.0790. The highest BCUT2D eigenvalue weighted by atomic mass is 16.5. The quantitative estimate of drug-likeness (QED) is 0.305. The predicted molar refractivity (Wildman–Crippen MR) is 105 cm³/mol. The number of nitrogens with zero attached hydrogens (tertiary/aromatic N) is 2. The van der Waals surface area contributed by atoms with Crippen molar-refractivity contribution in [2.24, 2.45) is 0 Å². The van der Waals surface area contributed by atoms with Crippen molar-refractivity contribution in [3.8, 4) is 0 Å². The maximum Gasteiger partial charge on any atom is 0.354 e. The van der Waals surface area contributed by atoms with E-state index < -0.39 is 5.97 Å². The van der Waals surface area contributed by atoms with Gasteiger partial charge in [-0.1, -0.05) is 0 Å². The van der Waals surface area contributed by atoms with Gasteiger partial charge in [-0.25, -0.2) is 4.79 Å². The average molecular weight is 396 g/mol. The summed E-state index contributed by atoms with van der Waals surface area (Å²) in [5, 5.41) is 0. The first-order chi connectivity index (χ1) is 13.3. The molecular formula is C20H32N2O6. The van der Waals surface area contributed by atoms with Crippen LogP contribution in [0.15, 0.2) is 0 Å². The summed E-state index contributed by atoms with van der Waals surface area (Å²) in [6.07, 6.45) is 0.623. The van der Waals surface area contributed by atoms with Crippen LogP contribution in [0.3, 0.4) is 0 Å². The van der Waals surface area contributed by atoms with Gasteiger partial charge in [0, 0.05) is 44.7 Å². The molecule has 1 aromatic heterocycles. The number of hydrogen-bond acceptors (Lipinski definition) is 6. The van der Waals surface area contributed by atoms with E-state index in [-0.39, 0.29) is 24.8 Å². The molecule has 0 aliphatic carbocycles. The van der Waals surface area contributed by atoms with E-state index in [0.717, 1.165) is 0 Å². The smallest absolute Gasteiger partial charge is 0.354 e. The van der Waals surface area contributed by atoms with Gasteiger partial charge in [0.2, 0.25) is 5.91 Å². The lowest BCUT2D eigenvalue weighted by molar-refractivity contribution is -0.134. The van der Waals surface area contributed by atoms with Crippen LogP contribution in [0.1, 0.15) is 52.4 Å². The van der Waals surface area contributed by atoms with E-state index >= 15 is 0 Å². The Labute approximate surface area is 166 Å². The highest BCUT2D eigenvalue weighted by Gasteiger charge is 2.28. The number of aromatic nitrogens is 1. The minimum atomic E-state index is -0.481. The molecule has 1 rings (SSSR count). The van der Waals surface area contributed by atoms with Gasteiger partial charge >= 0.3 is 5.97 Å². The maximum absolute atomic E-state index is 13.1. The molecule has 0 aromatic carbocycles. The summed E-state index contributed by atoms with van der Waals surface area (Å²) in [4.78, 5) is 39.1. The van der Waals surface area contributed by atoms with Crippen molar-refractivity contribution < 1.29 is 28.6 Å². The van der Waals surface area contributed by atoms with Gasteiger partial charge in [-0.3, -0.25) is 9.59 Å². The molecule has 0 aliphatic heterocycles. The van der Waals surface area contributed by atoms with E-state index in [1.54, 1.807) is 18.4 Å². The second-order valence-electron chi connectivity index (χ2n) is 6.39. The number of hydrogen-bond donors (Lipinski definition) is 0. The normalized spacial score (nSPS) is 10.8. The summed E-state index contributed by atoms with van der Waals surface area (Å²) in [6, 6.07) is 0. The summed E-state index contributed by atoms with van der Waals surface area (Å²) < 4.78 is 16.9. The highest BCUT2D eigenvalue weighted by molar-refractivity contribution is 6.04. The van der Waals surface area contributed by atoms with Gasteiger partial charge in [0.25, 0.3) is 0 Å². The largest absolute Gasteiger partial charge is 0.464 e. The Kier molecular flexibility index (Phi) is 9.89. The molecule has 0 bridgehead atoms. The molecule has 0 fully saturated rings. The van der Waals surface area contributed by atoms with Crippen LogP contribution in [0, 0.1) is 13.8 Å². The van der Waals surface area contributed by atoms with Crippen molar-refractivity contribution in [2.45, 2.75) is 40.7 Å². The second kappa shape index (κ2) is 11.6. The van der Waals surface area contributed by atoms with Gasteiger partial charge in [-0.15, -0.1) is 0 Å². The molecule has 0 saturated heterocycles. The van der Waals surface area contributed by atoms with E-state index in [1.807, 2.05) is 13.8 Å². The molecule has 0 unspecified atom stereocenters. The first-order valence-electron chi connectivity index (χ1n) is 9.49. The second-order valence-corrected chi connectivity index (χ2v) is 6.39. The Bertz CT molecular complexity index is 695. The molecule has 8 nitrogen and oxygen atoms in total. The maximum atomic E-state index is 13.1. The fourth-order valence-corrected chi connectivity index (χ4v) is 3.32. The zero-order chi connectivity index (χ0) is 21.3. The lowest BCUT2D eigenvalue weighted by Gasteiger charge is -2.22. The van der Waals surface area contributed by atoms with Gasteiger partial charge in [0.15, 0.2) is 5.78 Å². The van der Waals surface area contributed by atoms with Crippen LogP contribution < -0.4 is 0 Å². The van der Waals surface area contributed by atoms with Gasteiger partial charge in [-0.05, 0) is 39.7 Å². The van der Waals surface area contributed by atoms with Gasteiger partial charge in [0.1, 0.15) is 12.3 Å².